The molecule has 0 aliphatic heterocycles. The van der Waals surface area contributed by atoms with Gasteiger partial charge < -0.3 is 13.5 Å². The molecule has 1 atom stereocenters. The lowest BCUT2D eigenvalue weighted by molar-refractivity contribution is 0.413. The average molecular weight is 435 g/mol. The number of azo groups is 1. The molecule has 0 fully saturated rings. The third-order valence-electron chi connectivity index (χ3n) is 4.03. The van der Waals surface area contributed by atoms with E-state index in [9.17, 15) is 21.7 Å². The highest BCUT2D eigenvalue weighted by atomic mass is 32.2. The molecule has 0 aliphatic rings. The highest BCUT2D eigenvalue weighted by Gasteiger charge is 2.18. The van der Waals surface area contributed by atoms with Crippen LogP contribution in [0.3, 0.4) is 0 Å². The molecule has 1 N–H and O–H groups in total. The Morgan fingerprint density at radius 2 is 1.79 bits per heavy atom. The molecule has 0 aliphatic carbocycles. The van der Waals surface area contributed by atoms with Gasteiger partial charge in [0.2, 0.25) is 0 Å². The highest BCUT2D eigenvalue weighted by molar-refractivity contribution is 7.85. The van der Waals surface area contributed by atoms with Crippen molar-refractivity contribution in [2.75, 3.05) is 7.11 Å². The largest absolute Gasteiger partial charge is 0.740 e. The summed E-state index contributed by atoms with van der Waals surface area (Å²) in [7, 11) is -3.13. The summed E-state index contributed by atoms with van der Waals surface area (Å²) >= 11 is -2.81. The maximum atomic E-state index is 11.5. The smallest absolute Gasteiger partial charge is 0.294 e. The van der Waals surface area contributed by atoms with E-state index in [1.165, 1.54) is 26.2 Å². The fraction of sp³-hybridized carbons (Fsp3) is 0.111. The van der Waals surface area contributed by atoms with Crippen molar-refractivity contribution < 1.29 is 30.7 Å². The monoisotopic (exact) mass is 435 g/mol. The van der Waals surface area contributed by atoms with Gasteiger partial charge in [-0.2, -0.15) is 8.42 Å². The predicted octanol–water partition coefficient (Wildman–Crippen LogP) is 3.99. The number of fused-ring (bicyclic) bond motifs is 1. The van der Waals surface area contributed by atoms with Crippen molar-refractivity contribution in [2.45, 2.75) is 11.8 Å². The first kappa shape index (κ1) is 20.9. The molecule has 0 saturated carbocycles. The molecule has 0 saturated heterocycles. The van der Waals surface area contributed by atoms with Crippen LogP contribution in [0.4, 0.5) is 11.4 Å². The number of hydrogen-bond acceptors (Lipinski definition) is 8. The Hall–Kier alpha value is -2.86. The van der Waals surface area contributed by atoms with E-state index in [0.29, 0.717) is 5.39 Å². The van der Waals surface area contributed by atoms with Gasteiger partial charge in [0, 0.05) is 11.5 Å². The molecule has 9 nitrogen and oxygen atoms in total. The van der Waals surface area contributed by atoms with Gasteiger partial charge in [-0.05, 0) is 30.0 Å². The second-order valence-electron chi connectivity index (χ2n) is 5.89. The molecule has 0 radical (unpaired) electrons. The number of nitrogens with zero attached hydrogens (tertiary/aromatic N) is 2. The number of ether oxygens (including phenoxy) is 1. The van der Waals surface area contributed by atoms with Gasteiger partial charge >= 0.3 is 0 Å². The van der Waals surface area contributed by atoms with Crippen LogP contribution in [0, 0.1) is 6.92 Å². The van der Waals surface area contributed by atoms with Crippen LogP contribution in [0.2, 0.25) is 0 Å². The quantitative estimate of drug-likeness (QED) is 0.351. The maximum Gasteiger partial charge on any atom is 0.294 e. The van der Waals surface area contributed by atoms with E-state index in [1.807, 2.05) is 12.1 Å². The van der Waals surface area contributed by atoms with Crippen molar-refractivity contribution in [2.24, 2.45) is 10.2 Å². The van der Waals surface area contributed by atoms with Crippen LogP contribution >= 0.6 is 0 Å². The molecule has 29 heavy (non-hydrogen) atoms. The molecule has 0 aromatic heterocycles. The summed E-state index contributed by atoms with van der Waals surface area (Å²) in [6.07, 6.45) is 0. The number of methoxy groups -OCH3 is 1. The Morgan fingerprint density at radius 3 is 2.45 bits per heavy atom. The molecule has 11 heteroatoms. The molecular formula is C18H15N2O7S2-. The van der Waals surface area contributed by atoms with Gasteiger partial charge in [-0.1, -0.05) is 30.3 Å². The Kier molecular flexibility index (Phi) is 5.94. The lowest BCUT2D eigenvalue weighted by Crippen LogP contribution is -2.01. The van der Waals surface area contributed by atoms with Crippen LogP contribution < -0.4 is 8.92 Å². The van der Waals surface area contributed by atoms with Crippen molar-refractivity contribution in [3.63, 3.8) is 0 Å². The molecular weight excluding hydrogens is 420 g/mol. The molecule has 0 bridgehead atoms. The van der Waals surface area contributed by atoms with Gasteiger partial charge in [-0.25, -0.2) is 4.21 Å². The minimum atomic E-state index is -4.44. The Bertz CT molecular complexity index is 1240. The van der Waals surface area contributed by atoms with Crippen LogP contribution in [-0.4, -0.2) is 28.8 Å². The second-order valence-corrected chi connectivity index (χ2v) is 7.85. The van der Waals surface area contributed by atoms with Crippen molar-refractivity contribution in [3.05, 3.63) is 54.1 Å². The highest BCUT2D eigenvalue weighted by Crippen LogP contribution is 2.39. The summed E-state index contributed by atoms with van der Waals surface area (Å²) in [5.41, 5.74) is 0.586. The average Bonchev–Trinajstić information content (AvgIpc) is 2.65. The molecule has 0 spiro atoms. The van der Waals surface area contributed by atoms with Gasteiger partial charge in [0.15, 0.2) is 5.75 Å². The standard InChI is InChI=1S/C18H16N2O7S2/c1-11-9-14(16(26-2)10-17(11)29(23,24)25)19-20-18-13-6-4-3-5-12(13)7-8-15(18)27-28(21)22/h3-10H,1-2H3,(H,21,22)(H,23,24,25)/p-1. The molecule has 3 rings (SSSR count). The van der Waals surface area contributed by atoms with Gasteiger partial charge in [0.1, 0.15) is 33.4 Å². The zero-order chi connectivity index (χ0) is 21.2. The first-order valence-electron chi connectivity index (χ1n) is 8.08. The topological polar surface area (TPSA) is 138 Å². The van der Waals surface area contributed by atoms with Crippen LogP contribution in [0.25, 0.3) is 10.8 Å². The van der Waals surface area contributed by atoms with E-state index in [0.717, 1.165) is 11.5 Å². The van der Waals surface area contributed by atoms with Crippen molar-refractivity contribution in [3.8, 4) is 11.5 Å². The van der Waals surface area contributed by atoms with Gasteiger partial charge in [0.05, 0.1) is 7.11 Å². The summed E-state index contributed by atoms with van der Waals surface area (Å²) in [5, 5.41) is 9.61. The molecule has 0 amide bonds. The lowest BCUT2D eigenvalue weighted by Gasteiger charge is -2.12. The second kappa shape index (κ2) is 8.25. The number of aryl methyl sites for hydroxylation is 1. The summed E-state index contributed by atoms with van der Waals surface area (Å²) < 4.78 is 64.2. The normalized spacial score (nSPS) is 13.0. The summed E-state index contributed by atoms with van der Waals surface area (Å²) in [5.74, 6) is 0.0353. The molecule has 3 aromatic rings. The van der Waals surface area contributed by atoms with E-state index in [-0.39, 0.29) is 33.3 Å². The predicted molar refractivity (Wildman–Crippen MR) is 105 cm³/mol. The zero-order valence-electron chi connectivity index (χ0n) is 15.2. The van der Waals surface area contributed by atoms with Crippen LogP contribution in [0.1, 0.15) is 5.56 Å². The van der Waals surface area contributed by atoms with Crippen LogP contribution in [-0.2, 0) is 21.5 Å². The minimum Gasteiger partial charge on any atom is -0.740 e. The fourth-order valence-corrected chi connectivity index (χ4v) is 3.76. The van der Waals surface area contributed by atoms with Crippen molar-refractivity contribution in [1.82, 2.24) is 0 Å². The van der Waals surface area contributed by atoms with Crippen LogP contribution in [0.15, 0.2) is 63.7 Å². The third-order valence-corrected chi connectivity index (χ3v) is 5.34. The molecule has 152 valence electrons. The summed E-state index contributed by atoms with van der Waals surface area (Å²) in [6.45, 7) is 1.48. The Balaban J connectivity index is 2.16. The van der Waals surface area contributed by atoms with E-state index >= 15 is 0 Å². The van der Waals surface area contributed by atoms with E-state index in [4.69, 9.17) is 8.92 Å². The van der Waals surface area contributed by atoms with E-state index in [2.05, 4.69) is 10.2 Å². The third kappa shape index (κ3) is 4.59. The summed E-state index contributed by atoms with van der Waals surface area (Å²) in [6, 6.07) is 12.8. The van der Waals surface area contributed by atoms with Gasteiger partial charge in [-0.15, -0.1) is 10.2 Å². The minimum absolute atomic E-state index is 0.0222. The number of rotatable bonds is 6. The first-order chi connectivity index (χ1) is 13.7. The van der Waals surface area contributed by atoms with Gasteiger partial charge in [-0.3, -0.25) is 4.55 Å². The van der Waals surface area contributed by atoms with Crippen molar-refractivity contribution in [1.29, 1.82) is 0 Å². The molecule has 1 unspecified atom stereocenters. The Morgan fingerprint density at radius 1 is 1.07 bits per heavy atom. The fourth-order valence-electron chi connectivity index (χ4n) is 2.76. The summed E-state index contributed by atoms with van der Waals surface area (Å²) in [4.78, 5) is -0.316. The number of hydrogen-bond donors (Lipinski definition) is 1. The zero-order valence-corrected chi connectivity index (χ0v) is 16.9. The Labute approximate surface area is 169 Å². The van der Waals surface area contributed by atoms with Gasteiger partial charge in [0.25, 0.3) is 10.1 Å². The number of benzene rings is 3. The van der Waals surface area contributed by atoms with E-state index in [1.54, 1.807) is 18.2 Å². The van der Waals surface area contributed by atoms with Crippen LogP contribution in [0.5, 0.6) is 11.5 Å². The first-order valence-corrected chi connectivity index (χ1v) is 10.5. The van der Waals surface area contributed by atoms with E-state index < -0.39 is 21.5 Å². The van der Waals surface area contributed by atoms with Crippen molar-refractivity contribution >= 4 is 43.6 Å². The molecule has 0 heterocycles. The SMILES string of the molecule is COc1cc(S(=O)(=O)O)c(C)cc1N=Nc1c(OS(=O)[O-])ccc2ccccc12. The lowest BCUT2D eigenvalue weighted by atomic mass is 10.1. The molecule has 3 aromatic carbocycles. The maximum absolute atomic E-state index is 11.5.